The van der Waals surface area contributed by atoms with Crippen LogP contribution in [-0.4, -0.2) is 17.1 Å². The second-order valence-corrected chi connectivity index (χ2v) is 5.76. The van der Waals surface area contributed by atoms with Crippen LogP contribution in [0.3, 0.4) is 0 Å². The summed E-state index contributed by atoms with van der Waals surface area (Å²) in [7, 11) is 1.65. The van der Waals surface area contributed by atoms with Gasteiger partial charge in [0.25, 0.3) is 0 Å². The minimum atomic E-state index is 0.587. The molecule has 0 spiro atoms. The first-order valence-electron chi connectivity index (χ1n) is 6.98. The molecular weight excluding hydrogens is 331 g/mol. The zero-order valence-corrected chi connectivity index (χ0v) is 13.9. The number of aromatic amines is 1. The lowest BCUT2D eigenvalue weighted by atomic mass is 10.2. The van der Waals surface area contributed by atoms with Crippen LogP contribution in [0.25, 0.3) is 23.4 Å². The quantitative estimate of drug-likeness (QED) is 0.672. The van der Waals surface area contributed by atoms with Crippen molar-refractivity contribution in [3.05, 3.63) is 70.1 Å². The van der Waals surface area contributed by atoms with Crippen LogP contribution in [-0.2, 0) is 0 Å². The Bertz CT molecular complexity index is 856. The lowest BCUT2D eigenvalue weighted by molar-refractivity contribution is 0.414. The summed E-state index contributed by atoms with van der Waals surface area (Å²) in [5.74, 6) is 1.56. The maximum atomic E-state index is 6.22. The number of aromatic nitrogens is 2. The average molecular weight is 345 g/mol. The van der Waals surface area contributed by atoms with Gasteiger partial charge in [0.2, 0.25) is 0 Å². The number of hydrogen-bond donors (Lipinski definition) is 1. The van der Waals surface area contributed by atoms with Gasteiger partial charge in [-0.05, 0) is 42.0 Å². The van der Waals surface area contributed by atoms with Crippen LogP contribution < -0.4 is 4.74 Å². The minimum absolute atomic E-state index is 0.587. The molecule has 0 saturated heterocycles. The van der Waals surface area contributed by atoms with Crippen LogP contribution >= 0.6 is 23.2 Å². The monoisotopic (exact) mass is 344 g/mol. The zero-order valence-electron chi connectivity index (χ0n) is 12.4. The number of methoxy groups -OCH3 is 1. The van der Waals surface area contributed by atoms with E-state index >= 15 is 0 Å². The molecular formula is C18H14Cl2N2O. The first kappa shape index (κ1) is 15.7. The van der Waals surface area contributed by atoms with Gasteiger partial charge in [-0.1, -0.05) is 41.4 Å². The lowest BCUT2D eigenvalue weighted by Crippen LogP contribution is -1.82. The van der Waals surface area contributed by atoms with Crippen molar-refractivity contribution in [1.82, 2.24) is 9.97 Å². The van der Waals surface area contributed by atoms with Crippen molar-refractivity contribution in [2.45, 2.75) is 0 Å². The predicted octanol–water partition coefficient (Wildman–Crippen LogP) is 5.56. The third kappa shape index (κ3) is 3.76. The van der Waals surface area contributed by atoms with Crippen LogP contribution in [0.15, 0.2) is 48.7 Å². The molecule has 3 aromatic rings. The molecule has 0 fully saturated rings. The maximum Gasteiger partial charge on any atom is 0.130 e. The highest BCUT2D eigenvalue weighted by Crippen LogP contribution is 2.29. The lowest BCUT2D eigenvalue weighted by Gasteiger charge is -2.01. The summed E-state index contributed by atoms with van der Waals surface area (Å²) in [6.45, 7) is 0. The topological polar surface area (TPSA) is 37.9 Å². The number of benzene rings is 2. The molecule has 1 heterocycles. The average Bonchev–Trinajstić information content (AvgIpc) is 3.02. The van der Waals surface area contributed by atoms with Crippen LogP contribution in [0, 0.1) is 0 Å². The molecule has 0 saturated carbocycles. The summed E-state index contributed by atoms with van der Waals surface area (Å²) in [6, 6.07) is 13.2. The molecule has 116 valence electrons. The Balaban J connectivity index is 1.83. The van der Waals surface area contributed by atoms with E-state index in [0.29, 0.717) is 10.0 Å². The summed E-state index contributed by atoms with van der Waals surface area (Å²) in [4.78, 5) is 7.58. The molecule has 23 heavy (non-hydrogen) atoms. The Kier molecular flexibility index (Phi) is 4.70. The molecule has 3 rings (SSSR count). The van der Waals surface area contributed by atoms with Gasteiger partial charge in [0.05, 0.1) is 24.0 Å². The number of imidazole rings is 1. The van der Waals surface area contributed by atoms with Crippen molar-refractivity contribution in [1.29, 1.82) is 0 Å². The van der Waals surface area contributed by atoms with Crippen molar-refractivity contribution < 1.29 is 4.74 Å². The Morgan fingerprint density at radius 3 is 2.74 bits per heavy atom. The fraction of sp³-hybridized carbons (Fsp3) is 0.0556. The largest absolute Gasteiger partial charge is 0.497 e. The van der Waals surface area contributed by atoms with Gasteiger partial charge in [-0.2, -0.15) is 0 Å². The highest BCUT2D eigenvalue weighted by molar-refractivity contribution is 6.36. The highest BCUT2D eigenvalue weighted by Gasteiger charge is 2.06. The molecule has 1 N–H and O–H groups in total. The van der Waals surface area contributed by atoms with Crippen LogP contribution in [0.1, 0.15) is 11.4 Å². The molecule has 0 unspecified atom stereocenters. The van der Waals surface area contributed by atoms with E-state index in [0.717, 1.165) is 28.4 Å². The number of nitrogens with zero attached hydrogens (tertiary/aromatic N) is 1. The van der Waals surface area contributed by atoms with Crippen molar-refractivity contribution in [2.75, 3.05) is 7.11 Å². The summed E-state index contributed by atoms with van der Waals surface area (Å²) in [5, 5.41) is 1.20. The van der Waals surface area contributed by atoms with E-state index in [4.69, 9.17) is 27.9 Å². The van der Waals surface area contributed by atoms with Crippen LogP contribution in [0.2, 0.25) is 10.0 Å². The molecule has 0 radical (unpaired) electrons. The van der Waals surface area contributed by atoms with Crippen molar-refractivity contribution in [3.8, 4) is 17.0 Å². The van der Waals surface area contributed by atoms with Gasteiger partial charge >= 0.3 is 0 Å². The third-order valence-corrected chi connectivity index (χ3v) is 3.89. The van der Waals surface area contributed by atoms with Gasteiger partial charge in [0, 0.05) is 10.6 Å². The fourth-order valence-corrected chi connectivity index (χ4v) is 2.70. The SMILES string of the molecule is COc1cccc(/C=C/c2ncc(-c3ccc(Cl)cc3Cl)[nH]2)c1. The standard InChI is InChI=1S/C18H14Cl2N2O/c1-23-14-4-2-3-12(9-14)5-8-18-21-11-17(22-18)15-7-6-13(19)10-16(15)20/h2-11H,1H3,(H,21,22)/b8-5+. The Morgan fingerprint density at radius 1 is 1.09 bits per heavy atom. The molecule has 0 atom stereocenters. The first-order valence-corrected chi connectivity index (χ1v) is 7.74. The third-order valence-electron chi connectivity index (χ3n) is 3.34. The van der Waals surface area contributed by atoms with Gasteiger partial charge < -0.3 is 9.72 Å². The Hall–Kier alpha value is -2.23. The number of H-pyrrole nitrogens is 1. The van der Waals surface area contributed by atoms with Crippen molar-refractivity contribution >= 4 is 35.4 Å². The summed E-state index contributed by atoms with van der Waals surface area (Å²) in [6.07, 6.45) is 5.62. The van der Waals surface area contributed by atoms with Gasteiger partial charge in [-0.3, -0.25) is 0 Å². The Morgan fingerprint density at radius 2 is 1.96 bits per heavy atom. The smallest absolute Gasteiger partial charge is 0.130 e. The van der Waals surface area contributed by atoms with Gasteiger partial charge in [0.15, 0.2) is 0 Å². The molecule has 0 bridgehead atoms. The van der Waals surface area contributed by atoms with Crippen LogP contribution in [0.5, 0.6) is 5.75 Å². The number of rotatable bonds is 4. The van der Waals surface area contributed by atoms with E-state index in [-0.39, 0.29) is 0 Å². The molecule has 0 amide bonds. The van der Waals surface area contributed by atoms with E-state index in [1.165, 1.54) is 0 Å². The summed E-state index contributed by atoms with van der Waals surface area (Å²) >= 11 is 12.1. The number of hydrogen-bond acceptors (Lipinski definition) is 2. The van der Waals surface area contributed by atoms with Crippen LogP contribution in [0.4, 0.5) is 0 Å². The summed E-state index contributed by atoms with van der Waals surface area (Å²) < 4.78 is 5.21. The van der Waals surface area contributed by atoms with Gasteiger partial charge in [-0.25, -0.2) is 4.98 Å². The molecule has 3 nitrogen and oxygen atoms in total. The zero-order chi connectivity index (χ0) is 16.2. The molecule has 5 heteroatoms. The molecule has 1 aromatic heterocycles. The first-order chi connectivity index (χ1) is 11.2. The second kappa shape index (κ2) is 6.90. The van der Waals surface area contributed by atoms with Gasteiger partial charge in [0.1, 0.15) is 11.6 Å². The van der Waals surface area contributed by atoms with E-state index in [9.17, 15) is 0 Å². The van der Waals surface area contributed by atoms with E-state index in [2.05, 4.69) is 9.97 Å². The number of ether oxygens (including phenoxy) is 1. The Labute approximate surface area is 144 Å². The number of nitrogens with one attached hydrogen (secondary N) is 1. The normalized spacial score (nSPS) is 11.1. The van der Waals surface area contributed by atoms with E-state index < -0.39 is 0 Å². The van der Waals surface area contributed by atoms with Gasteiger partial charge in [-0.15, -0.1) is 0 Å². The predicted molar refractivity (Wildman–Crippen MR) is 96.0 cm³/mol. The molecule has 2 aromatic carbocycles. The molecule has 0 aliphatic rings. The second-order valence-electron chi connectivity index (χ2n) is 4.92. The minimum Gasteiger partial charge on any atom is -0.497 e. The van der Waals surface area contributed by atoms with Crippen molar-refractivity contribution in [3.63, 3.8) is 0 Å². The molecule has 0 aliphatic carbocycles. The molecule has 0 aliphatic heterocycles. The fourth-order valence-electron chi connectivity index (χ4n) is 2.19. The van der Waals surface area contributed by atoms with E-state index in [1.54, 1.807) is 25.4 Å². The summed E-state index contributed by atoms with van der Waals surface area (Å²) in [5.41, 5.74) is 2.74. The van der Waals surface area contributed by atoms with E-state index in [1.807, 2.05) is 42.5 Å². The van der Waals surface area contributed by atoms with Crippen molar-refractivity contribution in [2.24, 2.45) is 0 Å². The maximum absolute atomic E-state index is 6.22. The number of halogens is 2. The highest BCUT2D eigenvalue weighted by atomic mass is 35.5.